The van der Waals surface area contributed by atoms with Crippen LogP contribution in [0.15, 0.2) is 18.2 Å². The van der Waals surface area contributed by atoms with Crippen LogP contribution in [-0.4, -0.2) is 62.6 Å². The van der Waals surface area contributed by atoms with Crippen LogP contribution < -0.4 is 9.47 Å². The van der Waals surface area contributed by atoms with Gasteiger partial charge in [-0.3, -0.25) is 4.79 Å². The summed E-state index contributed by atoms with van der Waals surface area (Å²) < 4.78 is 21.9. The fourth-order valence-electron chi connectivity index (χ4n) is 3.85. The van der Waals surface area contributed by atoms with Crippen molar-refractivity contribution < 1.29 is 23.7 Å². The molecular weight excluding hydrogens is 392 g/mol. The summed E-state index contributed by atoms with van der Waals surface area (Å²) in [5.41, 5.74) is 1.67. The number of ether oxygens (including phenoxy) is 4. The minimum atomic E-state index is -0.103. The Bertz CT molecular complexity index is 870. The summed E-state index contributed by atoms with van der Waals surface area (Å²) in [6, 6.07) is 5.67. The molecule has 0 unspecified atom stereocenters. The zero-order valence-electron chi connectivity index (χ0n) is 17.0. The van der Waals surface area contributed by atoms with Crippen LogP contribution >= 0.6 is 11.3 Å². The Balaban J connectivity index is 1.47. The van der Waals surface area contributed by atoms with E-state index in [2.05, 4.69) is 4.98 Å². The molecule has 2 saturated heterocycles. The zero-order chi connectivity index (χ0) is 20.4. The lowest BCUT2D eigenvalue weighted by atomic mass is 9.96. The van der Waals surface area contributed by atoms with E-state index in [9.17, 15) is 4.79 Å². The highest BCUT2D eigenvalue weighted by Gasteiger charge is 2.33. The number of aromatic nitrogens is 1. The molecule has 0 aliphatic carbocycles. The van der Waals surface area contributed by atoms with Gasteiger partial charge in [0.2, 0.25) is 0 Å². The third-order valence-corrected chi connectivity index (χ3v) is 6.68. The smallest absolute Gasteiger partial charge is 0.265 e. The van der Waals surface area contributed by atoms with E-state index >= 15 is 0 Å². The van der Waals surface area contributed by atoms with Crippen LogP contribution in [0.2, 0.25) is 0 Å². The first-order valence-electron chi connectivity index (χ1n) is 9.83. The highest BCUT2D eigenvalue weighted by atomic mass is 32.1. The number of methoxy groups -OCH3 is 2. The third kappa shape index (κ3) is 4.10. The fourth-order valence-corrected chi connectivity index (χ4v) is 4.89. The Morgan fingerprint density at radius 1 is 1.14 bits per heavy atom. The van der Waals surface area contributed by atoms with Crippen molar-refractivity contribution in [2.75, 3.05) is 40.5 Å². The van der Waals surface area contributed by atoms with E-state index in [1.807, 2.05) is 30.0 Å². The number of benzene rings is 1. The van der Waals surface area contributed by atoms with Gasteiger partial charge in [0.15, 0.2) is 17.8 Å². The van der Waals surface area contributed by atoms with Crippen LogP contribution in [0.4, 0.5) is 0 Å². The molecule has 8 heteroatoms. The predicted octanol–water partition coefficient (Wildman–Crippen LogP) is 3.36. The first kappa shape index (κ1) is 20.1. The van der Waals surface area contributed by atoms with Crippen molar-refractivity contribution in [3.05, 3.63) is 28.8 Å². The zero-order valence-corrected chi connectivity index (χ0v) is 17.8. The number of rotatable bonds is 5. The number of likely N-dealkylation sites (tertiary alicyclic amines) is 1. The van der Waals surface area contributed by atoms with Gasteiger partial charge in [-0.1, -0.05) is 0 Å². The van der Waals surface area contributed by atoms with Gasteiger partial charge in [0.1, 0.15) is 9.88 Å². The molecule has 1 aromatic heterocycles. The van der Waals surface area contributed by atoms with Crippen molar-refractivity contribution in [3.8, 4) is 22.1 Å². The Kier molecular flexibility index (Phi) is 6.03. The van der Waals surface area contributed by atoms with Crippen molar-refractivity contribution in [2.45, 2.75) is 26.1 Å². The lowest BCUT2D eigenvalue weighted by Gasteiger charge is -2.33. The normalized spacial score (nSPS) is 18.2. The van der Waals surface area contributed by atoms with Gasteiger partial charge in [0.05, 0.1) is 33.1 Å². The van der Waals surface area contributed by atoms with E-state index in [4.69, 9.17) is 18.9 Å². The topological polar surface area (TPSA) is 70.1 Å². The number of aryl methyl sites for hydroxylation is 1. The summed E-state index contributed by atoms with van der Waals surface area (Å²) in [5, 5.41) is 0.800. The van der Waals surface area contributed by atoms with Crippen LogP contribution in [0.1, 0.15) is 28.2 Å². The lowest BCUT2D eigenvalue weighted by Crippen LogP contribution is -2.41. The van der Waals surface area contributed by atoms with Crippen LogP contribution in [0.3, 0.4) is 0 Å². The number of thiazole rings is 1. The van der Waals surface area contributed by atoms with Gasteiger partial charge in [-0.25, -0.2) is 4.98 Å². The standard InChI is InChI=1S/C21H26N2O5S/c1-13-18(20(24)23-8-6-14(7-9-23)21-27-10-11-28-21)29-19(22-13)15-4-5-16(25-2)17(12-15)26-3/h4-5,12,14,21H,6-11H2,1-3H3. The maximum absolute atomic E-state index is 13.1. The molecular formula is C21H26N2O5S. The van der Waals surface area contributed by atoms with Crippen molar-refractivity contribution in [2.24, 2.45) is 5.92 Å². The number of piperidine rings is 1. The van der Waals surface area contributed by atoms with Gasteiger partial charge in [-0.05, 0) is 38.0 Å². The van der Waals surface area contributed by atoms with Gasteiger partial charge in [0.25, 0.3) is 5.91 Å². The second-order valence-electron chi connectivity index (χ2n) is 7.24. The summed E-state index contributed by atoms with van der Waals surface area (Å²) in [5.74, 6) is 1.73. The molecule has 0 spiro atoms. The van der Waals surface area contributed by atoms with Crippen LogP contribution in [0.25, 0.3) is 10.6 Å². The highest BCUT2D eigenvalue weighted by molar-refractivity contribution is 7.17. The van der Waals surface area contributed by atoms with Gasteiger partial charge in [-0.15, -0.1) is 11.3 Å². The molecule has 2 aliphatic heterocycles. The number of carbonyl (C=O) groups excluding carboxylic acids is 1. The third-order valence-electron chi connectivity index (χ3n) is 5.48. The Labute approximate surface area is 174 Å². The average molecular weight is 419 g/mol. The van der Waals surface area contributed by atoms with Crippen molar-refractivity contribution >= 4 is 17.2 Å². The quantitative estimate of drug-likeness (QED) is 0.742. The summed E-state index contributed by atoms with van der Waals surface area (Å²) in [6.45, 7) is 4.66. The van der Waals surface area contributed by atoms with E-state index in [0.29, 0.717) is 35.5 Å². The largest absolute Gasteiger partial charge is 0.493 e. The average Bonchev–Trinajstić information content (AvgIpc) is 3.43. The SMILES string of the molecule is COc1ccc(-c2nc(C)c(C(=O)N3CCC(C4OCCO4)CC3)s2)cc1OC. The monoisotopic (exact) mass is 418 g/mol. The van der Waals surface area contributed by atoms with E-state index in [1.54, 1.807) is 14.2 Å². The minimum Gasteiger partial charge on any atom is -0.493 e. The first-order valence-corrected chi connectivity index (χ1v) is 10.6. The lowest BCUT2D eigenvalue weighted by molar-refractivity contribution is -0.0956. The number of carbonyl (C=O) groups is 1. The van der Waals surface area contributed by atoms with Crippen molar-refractivity contribution in [1.29, 1.82) is 0 Å². The molecule has 0 radical (unpaired) electrons. The maximum atomic E-state index is 13.1. The molecule has 7 nitrogen and oxygen atoms in total. The molecule has 3 heterocycles. The first-order chi connectivity index (χ1) is 14.1. The number of nitrogens with zero attached hydrogens (tertiary/aromatic N) is 2. The molecule has 0 N–H and O–H groups in total. The molecule has 1 amide bonds. The van der Waals surface area contributed by atoms with Crippen LogP contribution in [-0.2, 0) is 9.47 Å². The van der Waals surface area contributed by atoms with Gasteiger partial charge < -0.3 is 23.8 Å². The molecule has 1 aromatic carbocycles. The van der Waals surface area contributed by atoms with Gasteiger partial charge in [-0.2, -0.15) is 0 Å². The minimum absolute atomic E-state index is 0.0541. The fraction of sp³-hybridized carbons (Fsp3) is 0.524. The molecule has 0 atom stereocenters. The molecule has 0 saturated carbocycles. The van der Waals surface area contributed by atoms with Crippen molar-refractivity contribution in [1.82, 2.24) is 9.88 Å². The van der Waals surface area contributed by atoms with Crippen LogP contribution in [0, 0.1) is 12.8 Å². The molecule has 4 rings (SSSR count). The molecule has 29 heavy (non-hydrogen) atoms. The predicted molar refractivity (Wildman–Crippen MR) is 110 cm³/mol. The maximum Gasteiger partial charge on any atom is 0.265 e. The van der Waals surface area contributed by atoms with Crippen LogP contribution in [0.5, 0.6) is 11.5 Å². The van der Waals surface area contributed by atoms with Gasteiger partial charge in [0, 0.05) is 24.6 Å². The summed E-state index contributed by atoms with van der Waals surface area (Å²) in [7, 11) is 3.21. The Morgan fingerprint density at radius 3 is 2.48 bits per heavy atom. The van der Waals surface area contributed by atoms with E-state index in [1.165, 1.54) is 11.3 Å². The number of hydrogen-bond acceptors (Lipinski definition) is 7. The van der Waals surface area contributed by atoms with E-state index in [-0.39, 0.29) is 12.2 Å². The number of hydrogen-bond donors (Lipinski definition) is 0. The Hall–Kier alpha value is -2.16. The molecule has 2 aliphatic rings. The highest BCUT2D eigenvalue weighted by Crippen LogP contribution is 2.36. The van der Waals surface area contributed by atoms with E-state index in [0.717, 1.165) is 42.2 Å². The van der Waals surface area contributed by atoms with Gasteiger partial charge >= 0.3 is 0 Å². The second kappa shape index (κ2) is 8.69. The molecule has 156 valence electrons. The Morgan fingerprint density at radius 2 is 1.83 bits per heavy atom. The molecule has 2 fully saturated rings. The molecule has 0 bridgehead atoms. The summed E-state index contributed by atoms with van der Waals surface area (Å²) >= 11 is 1.43. The summed E-state index contributed by atoms with van der Waals surface area (Å²) in [4.78, 5) is 20.4. The number of amides is 1. The molecule has 2 aromatic rings. The second-order valence-corrected chi connectivity index (χ2v) is 8.24. The summed E-state index contributed by atoms with van der Waals surface area (Å²) in [6.07, 6.45) is 1.70. The van der Waals surface area contributed by atoms with E-state index < -0.39 is 0 Å². The van der Waals surface area contributed by atoms with Crippen molar-refractivity contribution in [3.63, 3.8) is 0 Å².